The van der Waals surface area contributed by atoms with Crippen LogP contribution in [0.15, 0.2) is 18.3 Å². The highest BCUT2D eigenvalue weighted by Gasteiger charge is 1.97. The van der Waals surface area contributed by atoms with Crippen LogP contribution in [0.4, 0.5) is 0 Å². The summed E-state index contributed by atoms with van der Waals surface area (Å²) in [5, 5.41) is 3.30. The average molecular weight is 224 g/mol. The van der Waals surface area contributed by atoms with Crippen LogP contribution in [0, 0.1) is 0 Å². The molecule has 0 saturated heterocycles. The number of aromatic nitrogens is 1. The molecule has 1 heterocycles. The van der Waals surface area contributed by atoms with E-state index >= 15 is 0 Å². The fraction of sp³-hybridized carbons (Fsp3) is 0.583. The Balaban J connectivity index is 2.21. The van der Waals surface area contributed by atoms with Crippen LogP contribution in [-0.4, -0.2) is 31.3 Å². The highest BCUT2D eigenvalue weighted by Crippen LogP contribution is 2.07. The minimum atomic E-state index is 0.294. The molecule has 0 fully saturated rings. The molecule has 0 bridgehead atoms. The second-order valence-corrected chi connectivity index (χ2v) is 3.80. The average Bonchev–Trinajstić information content (AvgIpc) is 2.28. The fourth-order valence-electron chi connectivity index (χ4n) is 1.27. The first-order valence-corrected chi connectivity index (χ1v) is 5.53. The van der Waals surface area contributed by atoms with Gasteiger partial charge in [-0.25, -0.2) is 4.98 Å². The summed E-state index contributed by atoms with van der Waals surface area (Å²) >= 11 is 0. The van der Waals surface area contributed by atoms with E-state index in [9.17, 15) is 0 Å². The molecule has 0 unspecified atom stereocenters. The molecule has 1 N–H and O–H groups in total. The van der Waals surface area contributed by atoms with E-state index in [0.29, 0.717) is 12.0 Å². The van der Waals surface area contributed by atoms with Crippen LogP contribution in [0.25, 0.3) is 0 Å². The van der Waals surface area contributed by atoms with Gasteiger partial charge in [0.2, 0.25) is 5.88 Å². The Hall–Kier alpha value is -1.13. The number of nitrogens with one attached hydrogen (secondary N) is 1. The van der Waals surface area contributed by atoms with Crippen molar-refractivity contribution in [3.05, 3.63) is 23.9 Å². The summed E-state index contributed by atoms with van der Waals surface area (Å²) in [5.41, 5.74) is 1.16. The van der Waals surface area contributed by atoms with E-state index in [-0.39, 0.29) is 0 Å². The predicted octanol–water partition coefficient (Wildman–Crippen LogP) is 1.60. The van der Waals surface area contributed by atoms with Crippen molar-refractivity contribution >= 4 is 0 Å². The van der Waals surface area contributed by atoms with Gasteiger partial charge in [0.25, 0.3) is 0 Å². The first-order chi connectivity index (χ1) is 7.72. The van der Waals surface area contributed by atoms with Crippen molar-refractivity contribution in [1.29, 1.82) is 0 Å². The number of rotatable bonds is 7. The van der Waals surface area contributed by atoms with Crippen LogP contribution >= 0.6 is 0 Å². The normalized spacial score (nSPS) is 10.8. The lowest BCUT2D eigenvalue weighted by Crippen LogP contribution is -2.20. The van der Waals surface area contributed by atoms with Crippen molar-refractivity contribution < 1.29 is 9.47 Å². The van der Waals surface area contributed by atoms with Gasteiger partial charge in [-0.3, -0.25) is 0 Å². The monoisotopic (exact) mass is 224 g/mol. The molecular weight excluding hydrogens is 204 g/mol. The molecule has 16 heavy (non-hydrogen) atoms. The molecule has 0 aromatic carbocycles. The Morgan fingerprint density at radius 1 is 1.44 bits per heavy atom. The Morgan fingerprint density at radius 2 is 2.25 bits per heavy atom. The van der Waals surface area contributed by atoms with Crippen LogP contribution in [0.3, 0.4) is 0 Å². The topological polar surface area (TPSA) is 43.4 Å². The van der Waals surface area contributed by atoms with Crippen LogP contribution in [-0.2, 0) is 11.3 Å². The van der Waals surface area contributed by atoms with Crippen LogP contribution in [0.5, 0.6) is 5.88 Å². The molecule has 0 aliphatic carbocycles. The first kappa shape index (κ1) is 12.9. The third-order valence-corrected chi connectivity index (χ3v) is 2.07. The van der Waals surface area contributed by atoms with Gasteiger partial charge in [0.05, 0.1) is 19.8 Å². The van der Waals surface area contributed by atoms with Crippen molar-refractivity contribution in [2.45, 2.75) is 26.5 Å². The zero-order valence-electron chi connectivity index (χ0n) is 10.2. The fourth-order valence-corrected chi connectivity index (χ4v) is 1.27. The van der Waals surface area contributed by atoms with Gasteiger partial charge in [0.15, 0.2) is 0 Å². The summed E-state index contributed by atoms with van der Waals surface area (Å²) in [5.74, 6) is 0.651. The molecule has 0 saturated carbocycles. The molecule has 1 aromatic rings. The minimum absolute atomic E-state index is 0.294. The van der Waals surface area contributed by atoms with Gasteiger partial charge in [-0.1, -0.05) is 0 Å². The largest absolute Gasteiger partial charge is 0.481 e. The van der Waals surface area contributed by atoms with E-state index < -0.39 is 0 Å². The Bertz CT molecular complexity index is 303. The molecule has 90 valence electrons. The van der Waals surface area contributed by atoms with E-state index in [1.807, 2.05) is 26.0 Å². The van der Waals surface area contributed by atoms with E-state index in [1.54, 1.807) is 13.3 Å². The summed E-state index contributed by atoms with van der Waals surface area (Å²) in [4.78, 5) is 4.05. The summed E-state index contributed by atoms with van der Waals surface area (Å²) in [6, 6.07) is 3.90. The summed E-state index contributed by atoms with van der Waals surface area (Å²) in [6.07, 6.45) is 2.04. The Kier molecular flexibility index (Phi) is 5.82. The van der Waals surface area contributed by atoms with Crippen LogP contribution in [0.1, 0.15) is 19.4 Å². The van der Waals surface area contributed by atoms with E-state index in [2.05, 4.69) is 10.3 Å². The Morgan fingerprint density at radius 3 is 2.94 bits per heavy atom. The van der Waals surface area contributed by atoms with E-state index in [0.717, 1.165) is 25.3 Å². The summed E-state index contributed by atoms with van der Waals surface area (Å²) in [7, 11) is 1.62. The van der Waals surface area contributed by atoms with Gasteiger partial charge >= 0.3 is 0 Å². The van der Waals surface area contributed by atoms with Gasteiger partial charge in [0.1, 0.15) is 0 Å². The smallest absolute Gasteiger partial charge is 0.213 e. The zero-order valence-corrected chi connectivity index (χ0v) is 10.2. The molecule has 0 aliphatic heterocycles. The zero-order chi connectivity index (χ0) is 11.8. The lowest BCUT2D eigenvalue weighted by atomic mass is 10.2. The standard InChI is InChI=1S/C12H20N2O2/c1-10(2)16-7-6-13-9-11-4-5-14-12(8-11)15-3/h4-5,8,10,13H,6-7,9H2,1-3H3. The van der Waals surface area contributed by atoms with Gasteiger partial charge in [-0.15, -0.1) is 0 Å². The number of hydrogen-bond acceptors (Lipinski definition) is 4. The quantitative estimate of drug-likeness (QED) is 0.714. The molecule has 4 nitrogen and oxygen atoms in total. The maximum Gasteiger partial charge on any atom is 0.213 e. The second kappa shape index (κ2) is 7.19. The summed E-state index contributed by atoms with van der Waals surface area (Å²) < 4.78 is 10.5. The molecule has 1 aromatic heterocycles. The lowest BCUT2D eigenvalue weighted by Gasteiger charge is -2.08. The highest BCUT2D eigenvalue weighted by molar-refractivity contribution is 5.20. The number of methoxy groups -OCH3 is 1. The van der Waals surface area contributed by atoms with Crippen molar-refractivity contribution in [3.8, 4) is 5.88 Å². The number of ether oxygens (including phenoxy) is 2. The van der Waals surface area contributed by atoms with Crippen LogP contribution < -0.4 is 10.1 Å². The lowest BCUT2D eigenvalue weighted by molar-refractivity contribution is 0.0807. The van der Waals surface area contributed by atoms with Crippen molar-refractivity contribution in [1.82, 2.24) is 10.3 Å². The number of pyridine rings is 1. The van der Waals surface area contributed by atoms with E-state index in [4.69, 9.17) is 9.47 Å². The van der Waals surface area contributed by atoms with Crippen molar-refractivity contribution in [2.24, 2.45) is 0 Å². The SMILES string of the molecule is COc1cc(CNCCOC(C)C)ccn1. The summed E-state index contributed by atoms with van der Waals surface area (Å²) in [6.45, 7) is 6.46. The molecule has 0 radical (unpaired) electrons. The van der Waals surface area contributed by atoms with Gasteiger partial charge in [-0.2, -0.15) is 0 Å². The molecule has 0 atom stereocenters. The van der Waals surface area contributed by atoms with Gasteiger partial charge < -0.3 is 14.8 Å². The second-order valence-electron chi connectivity index (χ2n) is 3.80. The van der Waals surface area contributed by atoms with Gasteiger partial charge in [-0.05, 0) is 25.5 Å². The molecule has 4 heteroatoms. The molecule has 0 aliphatic rings. The van der Waals surface area contributed by atoms with Crippen LogP contribution in [0.2, 0.25) is 0 Å². The van der Waals surface area contributed by atoms with E-state index in [1.165, 1.54) is 0 Å². The molecular formula is C12H20N2O2. The number of nitrogens with zero attached hydrogens (tertiary/aromatic N) is 1. The third kappa shape index (κ3) is 5.09. The minimum Gasteiger partial charge on any atom is -0.481 e. The first-order valence-electron chi connectivity index (χ1n) is 5.53. The predicted molar refractivity (Wildman–Crippen MR) is 63.6 cm³/mol. The molecule has 0 spiro atoms. The Labute approximate surface area is 97.0 Å². The van der Waals surface area contributed by atoms with Crippen molar-refractivity contribution in [3.63, 3.8) is 0 Å². The third-order valence-electron chi connectivity index (χ3n) is 2.07. The maximum atomic E-state index is 5.43. The number of hydrogen-bond donors (Lipinski definition) is 1. The van der Waals surface area contributed by atoms with Gasteiger partial charge in [0, 0.05) is 25.4 Å². The van der Waals surface area contributed by atoms with Crippen molar-refractivity contribution in [2.75, 3.05) is 20.3 Å². The maximum absolute atomic E-state index is 5.43. The molecule has 0 amide bonds. The molecule has 1 rings (SSSR count). The highest BCUT2D eigenvalue weighted by atomic mass is 16.5.